The van der Waals surface area contributed by atoms with Crippen molar-refractivity contribution in [2.24, 2.45) is 11.8 Å². The summed E-state index contributed by atoms with van der Waals surface area (Å²) in [7, 11) is 0. The zero-order valence-corrected chi connectivity index (χ0v) is 13.7. The monoisotopic (exact) mass is 341 g/mol. The highest BCUT2D eigenvalue weighted by atomic mass is 35.5. The van der Waals surface area contributed by atoms with Crippen LogP contribution in [0, 0.1) is 22.0 Å². The summed E-state index contributed by atoms with van der Waals surface area (Å²) in [5.74, 6) is 1.07. The van der Waals surface area contributed by atoms with Crippen LogP contribution in [0.2, 0.25) is 0 Å². The number of halogens is 1. The van der Waals surface area contributed by atoms with Crippen molar-refractivity contribution in [3.63, 3.8) is 0 Å². The van der Waals surface area contributed by atoms with Crippen LogP contribution in [-0.4, -0.2) is 48.5 Å². The fraction of sp³-hybridized carbons (Fsp3) is 0.533. The van der Waals surface area contributed by atoms with E-state index in [1.165, 1.54) is 12.1 Å². The van der Waals surface area contributed by atoms with Gasteiger partial charge in [0.25, 0.3) is 5.91 Å². The second-order valence-corrected chi connectivity index (χ2v) is 5.76. The number of amides is 1. The first-order chi connectivity index (χ1) is 10.6. The van der Waals surface area contributed by atoms with E-state index in [-0.39, 0.29) is 29.8 Å². The third-order valence-corrected chi connectivity index (χ3v) is 4.38. The number of hydrogen-bond donors (Lipinski definition) is 1. The number of ether oxygens (including phenoxy) is 1. The zero-order valence-electron chi connectivity index (χ0n) is 12.9. The van der Waals surface area contributed by atoms with Crippen molar-refractivity contribution in [3.8, 4) is 5.75 Å². The first-order valence-electron chi connectivity index (χ1n) is 7.51. The second kappa shape index (κ2) is 7.14. The number of rotatable bonds is 4. The maximum Gasteiger partial charge on any atom is 0.311 e. The van der Waals surface area contributed by atoms with Gasteiger partial charge in [0.05, 0.1) is 11.5 Å². The van der Waals surface area contributed by atoms with E-state index in [9.17, 15) is 14.9 Å². The molecule has 0 radical (unpaired) electrons. The summed E-state index contributed by atoms with van der Waals surface area (Å²) in [5, 5.41) is 14.5. The highest BCUT2D eigenvalue weighted by molar-refractivity contribution is 5.95. The van der Waals surface area contributed by atoms with Crippen LogP contribution in [0.3, 0.4) is 0 Å². The normalized spacial score (nSPS) is 22.4. The number of benzene rings is 1. The van der Waals surface area contributed by atoms with Gasteiger partial charge in [0, 0.05) is 37.8 Å². The maximum atomic E-state index is 12.6. The molecule has 2 heterocycles. The molecule has 1 amide bonds. The SMILES string of the molecule is CCOc1ccc(C(=O)N2C[C@H]3CNC[C@H]3C2)cc1[N+](=O)[O-].Cl. The lowest BCUT2D eigenvalue weighted by Gasteiger charge is -2.17. The lowest BCUT2D eigenvalue weighted by atomic mass is 10.0. The van der Waals surface area contributed by atoms with Gasteiger partial charge in [0.1, 0.15) is 0 Å². The molecule has 3 rings (SSSR count). The van der Waals surface area contributed by atoms with E-state index in [0.717, 1.165) is 26.2 Å². The summed E-state index contributed by atoms with van der Waals surface area (Å²) >= 11 is 0. The summed E-state index contributed by atoms with van der Waals surface area (Å²) in [6.07, 6.45) is 0. The molecular weight excluding hydrogens is 322 g/mol. The van der Waals surface area contributed by atoms with E-state index in [1.807, 2.05) is 0 Å². The Bertz CT molecular complexity index is 598. The molecule has 23 heavy (non-hydrogen) atoms. The predicted octanol–water partition coefficient (Wildman–Crippen LogP) is 1.71. The molecule has 2 fully saturated rings. The Hall–Kier alpha value is -1.86. The lowest BCUT2D eigenvalue weighted by molar-refractivity contribution is -0.385. The molecule has 0 aliphatic carbocycles. The molecule has 1 aromatic carbocycles. The largest absolute Gasteiger partial charge is 0.487 e. The van der Waals surface area contributed by atoms with E-state index in [1.54, 1.807) is 17.9 Å². The number of carbonyl (C=O) groups excluding carboxylic acids is 1. The molecule has 126 valence electrons. The maximum absolute atomic E-state index is 12.6. The van der Waals surface area contributed by atoms with Crippen LogP contribution >= 0.6 is 12.4 Å². The van der Waals surface area contributed by atoms with Crippen LogP contribution in [-0.2, 0) is 0 Å². The third-order valence-electron chi connectivity index (χ3n) is 4.38. The van der Waals surface area contributed by atoms with Gasteiger partial charge in [-0.3, -0.25) is 14.9 Å². The van der Waals surface area contributed by atoms with Crippen molar-refractivity contribution in [3.05, 3.63) is 33.9 Å². The van der Waals surface area contributed by atoms with Crippen molar-refractivity contribution in [2.75, 3.05) is 32.8 Å². The minimum absolute atomic E-state index is 0. The number of nitrogens with one attached hydrogen (secondary N) is 1. The van der Waals surface area contributed by atoms with E-state index in [0.29, 0.717) is 24.0 Å². The van der Waals surface area contributed by atoms with Gasteiger partial charge in [0.2, 0.25) is 0 Å². The van der Waals surface area contributed by atoms with Crippen molar-refractivity contribution in [2.45, 2.75) is 6.92 Å². The zero-order chi connectivity index (χ0) is 15.7. The molecule has 2 saturated heterocycles. The number of nitro groups is 1. The highest BCUT2D eigenvalue weighted by Crippen LogP contribution is 2.31. The fourth-order valence-corrected chi connectivity index (χ4v) is 3.27. The third kappa shape index (κ3) is 3.40. The molecule has 1 N–H and O–H groups in total. The summed E-state index contributed by atoms with van der Waals surface area (Å²) in [6, 6.07) is 4.43. The lowest BCUT2D eigenvalue weighted by Crippen LogP contribution is -2.31. The fourth-order valence-electron chi connectivity index (χ4n) is 3.27. The van der Waals surface area contributed by atoms with E-state index < -0.39 is 4.92 Å². The molecule has 2 aliphatic heterocycles. The summed E-state index contributed by atoms with van der Waals surface area (Å²) in [6.45, 7) is 5.43. The van der Waals surface area contributed by atoms with Crippen LogP contribution in [0.15, 0.2) is 18.2 Å². The van der Waals surface area contributed by atoms with Gasteiger partial charge < -0.3 is 15.0 Å². The smallest absolute Gasteiger partial charge is 0.311 e. The number of carbonyl (C=O) groups is 1. The minimum Gasteiger partial charge on any atom is -0.487 e. The topological polar surface area (TPSA) is 84.7 Å². The molecule has 2 aliphatic rings. The summed E-state index contributed by atoms with van der Waals surface area (Å²) in [5.41, 5.74) is 0.192. The molecule has 0 aromatic heterocycles. The van der Waals surface area contributed by atoms with Crippen molar-refractivity contribution >= 4 is 24.0 Å². The van der Waals surface area contributed by atoms with Gasteiger partial charge in [-0.05, 0) is 30.9 Å². The van der Waals surface area contributed by atoms with Crippen LogP contribution < -0.4 is 10.1 Å². The molecule has 0 bridgehead atoms. The molecule has 0 spiro atoms. The molecule has 2 atom stereocenters. The Labute approximate surface area is 140 Å². The molecule has 7 nitrogen and oxygen atoms in total. The van der Waals surface area contributed by atoms with Crippen molar-refractivity contribution in [1.29, 1.82) is 0 Å². The number of nitro benzene ring substituents is 1. The first kappa shape index (κ1) is 17.5. The Balaban J connectivity index is 0.00000192. The molecule has 1 aromatic rings. The highest BCUT2D eigenvalue weighted by Gasteiger charge is 2.38. The molecule has 8 heteroatoms. The molecule has 0 unspecified atom stereocenters. The van der Waals surface area contributed by atoms with Crippen LogP contribution in [0.4, 0.5) is 5.69 Å². The summed E-state index contributed by atoms with van der Waals surface area (Å²) < 4.78 is 5.24. The van der Waals surface area contributed by atoms with E-state index in [2.05, 4.69) is 5.32 Å². The Morgan fingerprint density at radius 2 is 2.04 bits per heavy atom. The Kier molecular flexibility index (Phi) is 5.43. The standard InChI is InChI=1S/C15H19N3O4.ClH/c1-2-22-14-4-3-10(5-13(14)18(20)21)15(19)17-8-11-6-16-7-12(11)9-17;/h3-5,11-12,16H,2,6-9H2,1H3;1H/t11-,12+;. The van der Waals surface area contributed by atoms with Gasteiger partial charge in [-0.1, -0.05) is 0 Å². The predicted molar refractivity (Wildman–Crippen MR) is 87.3 cm³/mol. The van der Waals surface area contributed by atoms with Crippen LogP contribution in [0.25, 0.3) is 0 Å². The minimum atomic E-state index is -0.510. The van der Waals surface area contributed by atoms with Crippen molar-refractivity contribution in [1.82, 2.24) is 10.2 Å². The number of fused-ring (bicyclic) bond motifs is 1. The summed E-state index contributed by atoms with van der Waals surface area (Å²) in [4.78, 5) is 25.0. The van der Waals surface area contributed by atoms with Crippen LogP contribution in [0.5, 0.6) is 5.75 Å². The quantitative estimate of drug-likeness (QED) is 0.665. The molecule has 0 saturated carbocycles. The van der Waals surface area contributed by atoms with Crippen LogP contribution in [0.1, 0.15) is 17.3 Å². The second-order valence-electron chi connectivity index (χ2n) is 5.76. The molecular formula is C15H20ClN3O4. The number of likely N-dealkylation sites (tertiary alicyclic amines) is 1. The van der Waals surface area contributed by atoms with E-state index in [4.69, 9.17) is 4.74 Å². The number of nitrogens with zero attached hydrogens (tertiary/aromatic N) is 2. The van der Waals surface area contributed by atoms with Crippen molar-refractivity contribution < 1.29 is 14.5 Å². The first-order valence-corrected chi connectivity index (χ1v) is 7.51. The van der Waals surface area contributed by atoms with Gasteiger partial charge in [-0.15, -0.1) is 12.4 Å². The average molecular weight is 342 g/mol. The Morgan fingerprint density at radius 3 is 2.61 bits per heavy atom. The van der Waals surface area contributed by atoms with Gasteiger partial charge in [-0.25, -0.2) is 0 Å². The van der Waals surface area contributed by atoms with E-state index >= 15 is 0 Å². The van der Waals surface area contributed by atoms with Gasteiger partial charge in [-0.2, -0.15) is 0 Å². The van der Waals surface area contributed by atoms with Gasteiger partial charge >= 0.3 is 5.69 Å². The number of hydrogen-bond acceptors (Lipinski definition) is 5. The van der Waals surface area contributed by atoms with Gasteiger partial charge in [0.15, 0.2) is 5.75 Å². The average Bonchev–Trinajstić information content (AvgIpc) is 3.08. The Morgan fingerprint density at radius 1 is 1.39 bits per heavy atom.